The third kappa shape index (κ3) is 2.95. The van der Waals surface area contributed by atoms with Gasteiger partial charge in [0.15, 0.2) is 0 Å². The van der Waals surface area contributed by atoms with E-state index in [9.17, 15) is 9.18 Å². The molecule has 104 valence electrons. The second kappa shape index (κ2) is 5.70. The molecule has 0 radical (unpaired) electrons. The predicted octanol–water partition coefficient (Wildman–Crippen LogP) is 2.19. The highest BCUT2D eigenvalue weighted by molar-refractivity contribution is 5.94. The number of amides is 1. The first kappa shape index (κ1) is 14.0. The van der Waals surface area contributed by atoms with Crippen molar-refractivity contribution in [2.24, 2.45) is 17.6 Å². The molecular formula is C15H21FN2O. The van der Waals surface area contributed by atoms with E-state index in [4.69, 9.17) is 5.73 Å². The number of likely N-dealkylation sites (tertiary alicyclic amines) is 1. The van der Waals surface area contributed by atoms with Gasteiger partial charge in [-0.15, -0.1) is 0 Å². The van der Waals surface area contributed by atoms with Gasteiger partial charge in [0.05, 0.1) is 5.56 Å². The zero-order valence-electron chi connectivity index (χ0n) is 11.5. The van der Waals surface area contributed by atoms with Crippen LogP contribution >= 0.6 is 0 Å². The first-order chi connectivity index (χ1) is 9.02. The van der Waals surface area contributed by atoms with E-state index in [1.165, 1.54) is 6.07 Å². The maximum Gasteiger partial charge on any atom is 0.256 e. The van der Waals surface area contributed by atoms with Gasteiger partial charge in [0.1, 0.15) is 5.82 Å². The third-order valence-corrected chi connectivity index (χ3v) is 4.06. The van der Waals surface area contributed by atoms with Crippen molar-refractivity contribution >= 4 is 5.91 Å². The molecule has 0 aromatic heterocycles. The lowest BCUT2D eigenvalue weighted by Gasteiger charge is -2.36. The smallest absolute Gasteiger partial charge is 0.256 e. The number of piperidine rings is 1. The van der Waals surface area contributed by atoms with Crippen molar-refractivity contribution in [2.45, 2.75) is 20.3 Å². The highest BCUT2D eigenvalue weighted by Gasteiger charge is 2.29. The van der Waals surface area contributed by atoms with Crippen LogP contribution in [0, 0.1) is 24.6 Å². The first-order valence-electron chi connectivity index (χ1n) is 6.78. The van der Waals surface area contributed by atoms with Crippen molar-refractivity contribution in [1.29, 1.82) is 0 Å². The SMILES string of the molecule is Cc1ccc(F)c(C(=O)N2CCC(C)C(CN)C2)c1. The molecule has 2 N–H and O–H groups in total. The molecule has 3 nitrogen and oxygen atoms in total. The maximum atomic E-state index is 13.8. The van der Waals surface area contributed by atoms with Gasteiger partial charge < -0.3 is 10.6 Å². The van der Waals surface area contributed by atoms with Gasteiger partial charge in [-0.05, 0) is 43.9 Å². The number of nitrogens with two attached hydrogens (primary N) is 1. The number of hydrogen-bond donors (Lipinski definition) is 1. The van der Waals surface area contributed by atoms with Crippen LogP contribution in [0.25, 0.3) is 0 Å². The molecule has 1 aliphatic heterocycles. The summed E-state index contributed by atoms with van der Waals surface area (Å²) in [6.45, 7) is 5.90. The van der Waals surface area contributed by atoms with E-state index in [2.05, 4.69) is 6.92 Å². The summed E-state index contributed by atoms with van der Waals surface area (Å²) >= 11 is 0. The molecule has 1 aliphatic rings. The Morgan fingerprint density at radius 3 is 2.95 bits per heavy atom. The quantitative estimate of drug-likeness (QED) is 0.890. The molecule has 1 saturated heterocycles. The molecule has 1 fully saturated rings. The summed E-state index contributed by atoms with van der Waals surface area (Å²) < 4.78 is 13.8. The third-order valence-electron chi connectivity index (χ3n) is 4.06. The lowest BCUT2D eigenvalue weighted by atomic mass is 9.87. The molecule has 1 heterocycles. The number of rotatable bonds is 2. The Hall–Kier alpha value is -1.42. The van der Waals surface area contributed by atoms with Crippen LogP contribution in [0.1, 0.15) is 29.3 Å². The zero-order valence-corrected chi connectivity index (χ0v) is 11.5. The fraction of sp³-hybridized carbons (Fsp3) is 0.533. The summed E-state index contributed by atoms with van der Waals surface area (Å²) in [7, 11) is 0. The largest absolute Gasteiger partial charge is 0.338 e. The van der Waals surface area contributed by atoms with Crippen LogP contribution < -0.4 is 5.73 Å². The van der Waals surface area contributed by atoms with Gasteiger partial charge in [-0.3, -0.25) is 4.79 Å². The number of carbonyl (C=O) groups is 1. The molecule has 19 heavy (non-hydrogen) atoms. The topological polar surface area (TPSA) is 46.3 Å². The van der Waals surface area contributed by atoms with Gasteiger partial charge >= 0.3 is 0 Å². The van der Waals surface area contributed by atoms with E-state index in [0.717, 1.165) is 12.0 Å². The van der Waals surface area contributed by atoms with Crippen LogP contribution in [0.4, 0.5) is 4.39 Å². The van der Waals surface area contributed by atoms with Gasteiger partial charge in [0.25, 0.3) is 5.91 Å². The molecule has 2 rings (SSSR count). The van der Waals surface area contributed by atoms with Crippen LogP contribution in [-0.2, 0) is 0 Å². The monoisotopic (exact) mass is 264 g/mol. The fourth-order valence-electron chi connectivity index (χ4n) is 2.61. The molecular weight excluding hydrogens is 243 g/mol. The minimum Gasteiger partial charge on any atom is -0.338 e. The Bertz CT molecular complexity index is 475. The van der Waals surface area contributed by atoms with Crippen molar-refractivity contribution in [3.63, 3.8) is 0 Å². The second-order valence-corrected chi connectivity index (χ2v) is 5.50. The first-order valence-corrected chi connectivity index (χ1v) is 6.78. The number of carbonyl (C=O) groups excluding carboxylic acids is 1. The zero-order chi connectivity index (χ0) is 14.0. The summed E-state index contributed by atoms with van der Waals surface area (Å²) in [5, 5.41) is 0. The number of nitrogens with zero attached hydrogens (tertiary/aromatic N) is 1. The summed E-state index contributed by atoms with van der Waals surface area (Å²) in [5.74, 6) is 0.173. The lowest BCUT2D eigenvalue weighted by Crippen LogP contribution is -2.45. The minimum absolute atomic E-state index is 0.172. The van der Waals surface area contributed by atoms with Gasteiger partial charge in [-0.2, -0.15) is 0 Å². The van der Waals surface area contributed by atoms with E-state index in [0.29, 0.717) is 31.5 Å². The van der Waals surface area contributed by atoms with Gasteiger partial charge in [0, 0.05) is 13.1 Å². The standard InChI is InChI=1S/C15H21FN2O/c1-10-3-4-14(16)13(7-10)15(19)18-6-5-11(2)12(8-17)9-18/h3-4,7,11-12H,5-6,8-9,17H2,1-2H3. The van der Waals surface area contributed by atoms with E-state index < -0.39 is 5.82 Å². The van der Waals surface area contributed by atoms with Crippen LogP contribution in [0.5, 0.6) is 0 Å². The normalized spacial score (nSPS) is 23.5. The highest BCUT2D eigenvalue weighted by atomic mass is 19.1. The van der Waals surface area contributed by atoms with Gasteiger partial charge in [-0.25, -0.2) is 4.39 Å². The Morgan fingerprint density at radius 2 is 2.26 bits per heavy atom. The number of benzene rings is 1. The highest BCUT2D eigenvalue weighted by Crippen LogP contribution is 2.24. The summed E-state index contributed by atoms with van der Waals surface area (Å²) in [6, 6.07) is 4.65. The molecule has 1 aromatic carbocycles. The summed E-state index contributed by atoms with van der Waals surface area (Å²) in [4.78, 5) is 14.1. The predicted molar refractivity (Wildman–Crippen MR) is 73.4 cm³/mol. The van der Waals surface area contributed by atoms with Crippen LogP contribution in [0.3, 0.4) is 0 Å². The van der Waals surface area contributed by atoms with Crippen molar-refractivity contribution in [2.75, 3.05) is 19.6 Å². The Balaban J connectivity index is 2.18. The van der Waals surface area contributed by atoms with E-state index in [1.807, 2.05) is 6.92 Å². The van der Waals surface area contributed by atoms with Crippen molar-refractivity contribution < 1.29 is 9.18 Å². The van der Waals surface area contributed by atoms with Crippen LogP contribution in [0.15, 0.2) is 18.2 Å². The molecule has 0 spiro atoms. The van der Waals surface area contributed by atoms with E-state index in [1.54, 1.807) is 17.0 Å². The van der Waals surface area contributed by atoms with Crippen LogP contribution in [0.2, 0.25) is 0 Å². The Kier molecular flexibility index (Phi) is 4.20. The molecule has 0 saturated carbocycles. The van der Waals surface area contributed by atoms with Crippen LogP contribution in [-0.4, -0.2) is 30.4 Å². The fourth-order valence-corrected chi connectivity index (χ4v) is 2.61. The van der Waals surface area contributed by atoms with E-state index in [-0.39, 0.29) is 11.5 Å². The van der Waals surface area contributed by atoms with Crippen molar-refractivity contribution in [3.05, 3.63) is 35.1 Å². The Labute approximate surface area is 113 Å². The van der Waals surface area contributed by atoms with Gasteiger partial charge in [0.2, 0.25) is 0 Å². The molecule has 4 heteroatoms. The van der Waals surface area contributed by atoms with Crippen molar-refractivity contribution in [3.8, 4) is 0 Å². The number of aryl methyl sites for hydroxylation is 1. The molecule has 0 bridgehead atoms. The molecule has 2 atom stereocenters. The van der Waals surface area contributed by atoms with E-state index >= 15 is 0 Å². The Morgan fingerprint density at radius 1 is 1.53 bits per heavy atom. The maximum absolute atomic E-state index is 13.8. The molecule has 0 aliphatic carbocycles. The number of halogens is 1. The average Bonchev–Trinajstić information content (AvgIpc) is 2.41. The molecule has 1 amide bonds. The molecule has 2 unspecified atom stereocenters. The minimum atomic E-state index is -0.446. The lowest BCUT2D eigenvalue weighted by molar-refractivity contribution is 0.0614. The summed E-state index contributed by atoms with van der Waals surface area (Å²) in [5.41, 5.74) is 6.80. The number of hydrogen-bond acceptors (Lipinski definition) is 2. The molecule has 1 aromatic rings. The summed E-state index contributed by atoms with van der Waals surface area (Å²) in [6.07, 6.45) is 0.932. The second-order valence-electron chi connectivity index (χ2n) is 5.50. The van der Waals surface area contributed by atoms with Gasteiger partial charge in [-0.1, -0.05) is 18.6 Å². The average molecular weight is 264 g/mol. The van der Waals surface area contributed by atoms with Crippen molar-refractivity contribution in [1.82, 2.24) is 4.90 Å².